The molecule has 0 unspecified atom stereocenters. The lowest BCUT2D eigenvalue weighted by Crippen LogP contribution is -2.44. The quantitative estimate of drug-likeness (QED) is 0.470. The van der Waals surface area contributed by atoms with E-state index >= 15 is 0 Å². The molecule has 0 aromatic heterocycles. The van der Waals surface area contributed by atoms with Crippen molar-refractivity contribution in [1.82, 2.24) is 10.2 Å². The fraction of sp³-hybridized carbons (Fsp3) is 0.500. The number of esters is 1. The molecule has 27 heavy (non-hydrogen) atoms. The standard InChI is InChI=1S/C20H24N2O5/c1-13-5-6-15(11-14(13)2)16(23)12-27-17(24)7-10-22-18(25)20(21-19(22)26)8-3-4-9-20/h5-6,11H,3-4,7-10,12H2,1-2H3,(H,21,26). The zero-order valence-electron chi connectivity index (χ0n) is 15.7. The molecule has 1 aromatic carbocycles. The number of Topliss-reactive ketones (excluding diaryl/α,β-unsaturated/α-hetero) is 1. The van der Waals surface area contributed by atoms with Crippen LogP contribution in [0.1, 0.15) is 53.6 Å². The molecule has 1 N–H and O–H groups in total. The van der Waals surface area contributed by atoms with Gasteiger partial charge in [-0.2, -0.15) is 0 Å². The van der Waals surface area contributed by atoms with Gasteiger partial charge in [-0.05, 0) is 43.9 Å². The molecule has 2 aliphatic rings. The first kappa shape index (κ1) is 19.1. The number of ether oxygens (including phenoxy) is 1. The number of hydrogen-bond acceptors (Lipinski definition) is 5. The molecule has 1 aliphatic carbocycles. The van der Waals surface area contributed by atoms with E-state index in [9.17, 15) is 19.2 Å². The summed E-state index contributed by atoms with van der Waals surface area (Å²) in [6, 6.07) is 4.86. The van der Waals surface area contributed by atoms with E-state index in [1.54, 1.807) is 12.1 Å². The Morgan fingerprint density at radius 3 is 2.52 bits per heavy atom. The number of urea groups is 1. The highest BCUT2D eigenvalue weighted by Crippen LogP contribution is 2.35. The molecular weight excluding hydrogens is 348 g/mol. The van der Waals surface area contributed by atoms with E-state index in [-0.39, 0.29) is 31.3 Å². The third-order valence-electron chi connectivity index (χ3n) is 5.44. The minimum atomic E-state index is -0.778. The van der Waals surface area contributed by atoms with Crippen molar-refractivity contribution in [2.24, 2.45) is 0 Å². The van der Waals surface area contributed by atoms with Crippen molar-refractivity contribution in [3.8, 4) is 0 Å². The smallest absolute Gasteiger partial charge is 0.325 e. The Balaban J connectivity index is 1.48. The maximum Gasteiger partial charge on any atom is 0.325 e. The highest BCUT2D eigenvalue weighted by molar-refractivity contribution is 6.07. The molecule has 1 heterocycles. The van der Waals surface area contributed by atoms with Gasteiger partial charge in [-0.25, -0.2) is 4.79 Å². The first-order valence-electron chi connectivity index (χ1n) is 9.22. The van der Waals surface area contributed by atoms with Gasteiger partial charge in [-0.1, -0.05) is 25.0 Å². The fourth-order valence-corrected chi connectivity index (χ4v) is 3.62. The van der Waals surface area contributed by atoms with Crippen molar-refractivity contribution in [1.29, 1.82) is 0 Å². The number of nitrogens with one attached hydrogen (secondary N) is 1. The van der Waals surface area contributed by atoms with Crippen molar-refractivity contribution in [2.75, 3.05) is 13.2 Å². The third-order valence-corrected chi connectivity index (χ3v) is 5.44. The summed E-state index contributed by atoms with van der Waals surface area (Å²) >= 11 is 0. The topological polar surface area (TPSA) is 92.8 Å². The number of hydrogen-bond donors (Lipinski definition) is 1. The van der Waals surface area contributed by atoms with Crippen LogP contribution in [-0.4, -0.2) is 47.3 Å². The van der Waals surface area contributed by atoms with Gasteiger partial charge in [0.2, 0.25) is 0 Å². The number of nitrogens with zero attached hydrogens (tertiary/aromatic N) is 1. The molecule has 1 saturated heterocycles. The van der Waals surface area contributed by atoms with Crippen LogP contribution in [0, 0.1) is 13.8 Å². The van der Waals surface area contributed by atoms with Crippen LogP contribution in [-0.2, 0) is 14.3 Å². The summed E-state index contributed by atoms with van der Waals surface area (Å²) in [4.78, 5) is 49.7. The van der Waals surface area contributed by atoms with E-state index < -0.39 is 17.5 Å². The fourth-order valence-electron chi connectivity index (χ4n) is 3.62. The summed E-state index contributed by atoms with van der Waals surface area (Å²) < 4.78 is 5.02. The molecular formula is C20H24N2O5. The minimum Gasteiger partial charge on any atom is -0.457 e. The molecule has 3 amide bonds. The SMILES string of the molecule is Cc1ccc(C(=O)COC(=O)CCN2C(=O)NC3(CCCC3)C2=O)cc1C. The number of aryl methyl sites for hydroxylation is 2. The number of rotatable bonds is 6. The van der Waals surface area contributed by atoms with Crippen LogP contribution < -0.4 is 5.32 Å². The van der Waals surface area contributed by atoms with Crippen LogP contribution in [0.5, 0.6) is 0 Å². The van der Waals surface area contributed by atoms with Crippen LogP contribution in [0.15, 0.2) is 18.2 Å². The zero-order valence-corrected chi connectivity index (χ0v) is 15.7. The van der Waals surface area contributed by atoms with E-state index in [0.29, 0.717) is 18.4 Å². The number of imide groups is 1. The largest absolute Gasteiger partial charge is 0.457 e. The predicted molar refractivity (Wildman–Crippen MR) is 97.3 cm³/mol. The Morgan fingerprint density at radius 1 is 1.15 bits per heavy atom. The summed E-state index contributed by atoms with van der Waals surface area (Å²) in [5.74, 6) is -1.16. The van der Waals surface area contributed by atoms with Gasteiger partial charge in [0.1, 0.15) is 5.54 Å². The molecule has 0 bridgehead atoms. The average molecular weight is 372 g/mol. The molecule has 7 nitrogen and oxygen atoms in total. The number of carbonyl (C=O) groups is 4. The van der Waals surface area contributed by atoms with Crippen LogP contribution in [0.25, 0.3) is 0 Å². The summed E-state index contributed by atoms with van der Waals surface area (Å²) in [7, 11) is 0. The monoisotopic (exact) mass is 372 g/mol. The highest BCUT2D eigenvalue weighted by atomic mass is 16.5. The van der Waals surface area contributed by atoms with Gasteiger partial charge in [0.05, 0.1) is 6.42 Å². The normalized spacial score (nSPS) is 18.1. The Morgan fingerprint density at radius 2 is 1.85 bits per heavy atom. The van der Waals surface area contributed by atoms with Gasteiger partial charge < -0.3 is 10.1 Å². The molecule has 1 saturated carbocycles. The van der Waals surface area contributed by atoms with Crippen molar-refractivity contribution >= 4 is 23.7 Å². The zero-order chi connectivity index (χ0) is 19.6. The first-order chi connectivity index (χ1) is 12.8. The summed E-state index contributed by atoms with van der Waals surface area (Å²) in [6.07, 6.45) is 2.96. The highest BCUT2D eigenvalue weighted by Gasteiger charge is 2.52. The van der Waals surface area contributed by atoms with Gasteiger partial charge in [0.15, 0.2) is 12.4 Å². The third kappa shape index (κ3) is 3.86. The molecule has 2 fully saturated rings. The van der Waals surface area contributed by atoms with E-state index in [1.165, 1.54) is 0 Å². The molecule has 7 heteroatoms. The second-order valence-electron chi connectivity index (χ2n) is 7.31. The van der Waals surface area contributed by atoms with Gasteiger partial charge in [0.25, 0.3) is 5.91 Å². The van der Waals surface area contributed by atoms with Crippen molar-refractivity contribution in [2.45, 2.75) is 51.5 Å². The Hall–Kier alpha value is -2.70. The summed E-state index contributed by atoms with van der Waals surface area (Å²) in [6.45, 7) is 3.47. The van der Waals surface area contributed by atoms with Crippen molar-refractivity contribution in [3.63, 3.8) is 0 Å². The lowest BCUT2D eigenvalue weighted by Gasteiger charge is -2.19. The lowest BCUT2D eigenvalue weighted by molar-refractivity contribution is -0.143. The van der Waals surface area contributed by atoms with E-state index in [0.717, 1.165) is 28.9 Å². The second kappa shape index (κ2) is 7.50. The Kier molecular flexibility index (Phi) is 5.30. The predicted octanol–water partition coefficient (Wildman–Crippen LogP) is 2.28. The van der Waals surface area contributed by atoms with Crippen LogP contribution in [0.4, 0.5) is 4.79 Å². The maximum absolute atomic E-state index is 12.5. The average Bonchev–Trinajstić information content (AvgIpc) is 3.19. The van der Waals surface area contributed by atoms with Crippen molar-refractivity contribution in [3.05, 3.63) is 34.9 Å². The van der Waals surface area contributed by atoms with Gasteiger partial charge >= 0.3 is 12.0 Å². The number of carbonyl (C=O) groups excluding carboxylic acids is 4. The van der Waals surface area contributed by atoms with E-state index in [2.05, 4.69) is 5.32 Å². The molecule has 144 valence electrons. The van der Waals surface area contributed by atoms with Gasteiger partial charge in [0, 0.05) is 12.1 Å². The van der Waals surface area contributed by atoms with E-state index in [1.807, 2.05) is 19.9 Å². The summed E-state index contributed by atoms with van der Waals surface area (Å²) in [5.41, 5.74) is 1.78. The molecule has 1 aliphatic heterocycles. The number of amides is 3. The number of benzene rings is 1. The molecule has 1 spiro atoms. The lowest BCUT2D eigenvalue weighted by atomic mass is 9.98. The molecule has 0 radical (unpaired) electrons. The van der Waals surface area contributed by atoms with Crippen LogP contribution in [0.3, 0.4) is 0 Å². The Bertz CT molecular complexity index is 796. The van der Waals surface area contributed by atoms with E-state index in [4.69, 9.17) is 4.74 Å². The van der Waals surface area contributed by atoms with Gasteiger partial charge in [-0.3, -0.25) is 19.3 Å². The second-order valence-corrected chi connectivity index (χ2v) is 7.31. The van der Waals surface area contributed by atoms with Crippen LogP contribution >= 0.6 is 0 Å². The number of ketones is 1. The van der Waals surface area contributed by atoms with Crippen molar-refractivity contribution < 1.29 is 23.9 Å². The summed E-state index contributed by atoms with van der Waals surface area (Å²) in [5, 5.41) is 2.77. The molecule has 0 atom stereocenters. The molecule has 1 aromatic rings. The maximum atomic E-state index is 12.5. The van der Waals surface area contributed by atoms with Gasteiger partial charge in [-0.15, -0.1) is 0 Å². The Labute approximate surface area is 158 Å². The van der Waals surface area contributed by atoms with Crippen LogP contribution in [0.2, 0.25) is 0 Å². The first-order valence-corrected chi connectivity index (χ1v) is 9.22. The molecule has 3 rings (SSSR count). The minimum absolute atomic E-state index is 0.0386.